The summed E-state index contributed by atoms with van der Waals surface area (Å²) in [6.07, 6.45) is 8.58. The molecular formula is C38H36N2O6S2. The molecule has 0 fully saturated rings. The fourth-order valence-corrected chi connectivity index (χ4v) is 5.45. The molecular weight excluding hydrogens is 645 g/mol. The fraction of sp³-hybridized carbons (Fsp3) is 0.105. The van der Waals surface area contributed by atoms with E-state index in [0.717, 1.165) is 24.2 Å². The summed E-state index contributed by atoms with van der Waals surface area (Å²) in [6, 6.07) is 41.3. The van der Waals surface area contributed by atoms with Crippen LogP contribution in [0.4, 0.5) is 0 Å². The second-order valence-electron chi connectivity index (χ2n) is 11.0. The van der Waals surface area contributed by atoms with Crippen molar-refractivity contribution < 1.29 is 35.1 Å². The first-order chi connectivity index (χ1) is 22.9. The maximum absolute atomic E-state index is 10.4. The lowest BCUT2D eigenvalue weighted by molar-refractivity contribution is -0.688. The van der Waals surface area contributed by atoms with Crippen LogP contribution in [0.1, 0.15) is 22.3 Å². The van der Waals surface area contributed by atoms with Gasteiger partial charge in [0.1, 0.15) is 20.2 Å². The van der Waals surface area contributed by atoms with Gasteiger partial charge < -0.3 is 9.11 Å². The molecule has 10 heteroatoms. The zero-order valence-electron chi connectivity index (χ0n) is 26.6. The second-order valence-corrected chi connectivity index (χ2v) is 13.8. The predicted molar refractivity (Wildman–Crippen MR) is 182 cm³/mol. The summed E-state index contributed by atoms with van der Waals surface area (Å²) in [4.78, 5) is -0.355. The molecule has 246 valence electrons. The van der Waals surface area contributed by atoms with Crippen molar-refractivity contribution in [2.24, 2.45) is 0 Å². The number of aromatic nitrogens is 2. The van der Waals surface area contributed by atoms with Crippen LogP contribution in [0.15, 0.2) is 168 Å². The molecule has 6 aromatic rings. The van der Waals surface area contributed by atoms with Crippen LogP contribution >= 0.6 is 0 Å². The summed E-state index contributed by atoms with van der Waals surface area (Å²) in [5, 5.41) is 0. The lowest BCUT2D eigenvalue weighted by Gasteiger charge is -2.05. The Hall–Kier alpha value is -5.00. The Bertz CT molecular complexity index is 1930. The Kier molecular flexibility index (Phi) is 12.5. The van der Waals surface area contributed by atoms with Crippen LogP contribution < -0.4 is 9.13 Å². The minimum Gasteiger partial charge on any atom is -0.744 e. The van der Waals surface area contributed by atoms with E-state index in [1.807, 2.05) is 13.8 Å². The van der Waals surface area contributed by atoms with E-state index in [0.29, 0.717) is 0 Å². The van der Waals surface area contributed by atoms with Crippen molar-refractivity contribution in [1.29, 1.82) is 0 Å². The molecule has 0 aliphatic rings. The average Bonchev–Trinajstić information content (AvgIpc) is 3.07. The molecule has 0 bridgehead atoms. The van der Waals surface area contributed by atoms with Crippen LogP contribution in [0.5, 0.6) is 0 Å². The van der Waals surface area contributed by atoms with Crippen LogP contribution in [0.2, 0.25) is 0 Å². The van der Waals surface area contributed by atoms with E-state index in [2.05, 4.69) is 119 Å². The second kappa shape index (κ2) is 16.7. The number of pyridine rings is 2. The average molecular weight is 681 g/mol. The molecule has 0 saturated carbocycles. The Morgan fingerprint density at radius 3 is 1.00 bits per heavy atom. The normalized spacial score (nSPS) is 11.0. The van der Waals surface area contributed by atoms with Crippen molar-refractivity contribution in [3.05, 3.63) is 181 Å². The number of hydrogen-bond donors (Lipinski definition) is 0. The zero-order chi connectivity index (χ0) is 34.6. The standard InChI is InChI=1S/C24H22N2.2C7H8O3S/c1-3-7-21(8-4-1)19-25-15-11-23(12-16-25)24-13-17-26(18-14-24)20-22-9-5-2-6-10-22;2*1-6-2-4-7(5-3-6)11(8,9)10/h1-18H,19-20H2;2*2-5H,1H3,(H,8,9,10)/q+2;;/p-2. The summed E-state index contributed by atoms with van der Waals surface area (Å²) in [7, 11) is -8.54. The Labute approximate surface area is 282 Å². The van der Waals surface area contributed by atoms with Crippen LogP contribution in [0, 0.1) is 13.8 Å². The molecule has 2 aromatic heterocycles. The number of benzene rings is 4. The zero-order valence-corrected chi connectivity index (χ0v) is 28.2. The molecule has 0 saturated heterocycles. The van der Waals surface area contributed by atoms with Gasteiger partial charge in [0.25, 0.3) is 0 Å². The van der Waals surface area contributed by atoms with E-state index in [4.69, 9.17) is 0 Å². The highest BCUT2D eigenvalue weighted by Crippen LogP contribution is 2.16. The largest absolute Gasteiger partial charge is 0.744 e. The van der Waals surface area contributed by atoms with Gasteiger partial charge in [0, 0.05) is 35.4 Å². The molecule has 0 spiro atoms. The van der Waals surface area contributed by atoms with Gasteiger partial charge in [-0.05, 0) is 49.2 Å². The Balaban J connectivity index is 0.000000195. The molecule has 0 atom stereocenters. The van der Waals surface area contributed by atoms with Gasteiger partial charge in [-0.1, -0.05) is 96.1 Å². The molecule has 0 aliphatic heterocycles. The SMILES string of the molecule is Cc1ccc(S(=O)(=O)[O-])cc1.Cc1ccc(S(=O)(=O)[O-])cc1.c1ccc(C[n+]2ccc(-c3cc[n+](Cc4ccccc4)cc3)cc2)cc1. The molecule has 4 aromatic carbocycles. The van der Waals surface area contributed by atoms with E-state index in [1.54, 1.807) is 24.3 Å². The third kappa shape index (κ3) is 11.7. The van der Waals surface area contributed by atoms with E-state index in [9.17, 15) is 25.9 Å². The third-order valence-electron chi connectivity index (χ3n) is 7.15. The molecule has 0 radical (unpaired) electrons. The van der Waals surface area contributed by atoms with E-state index >= 15 is 0 Å². The summed E-state index contributed by atoms with van der Waals surface area (Å²) in [6.45, 7) is 5.43. The van der Waals surface area contributed by atoms with Gasteiger partial charge in [-0.25, -0.2) is 26.0 Å². The molecule has 0 unspecified atom stereocenters. The van der Waals surface area contributed by atoms with Gasteiger partial charge in [0.2, 0.25) is 0 Å². The van der Waals surface area contributed by atoms with Crippen LogP contribution in [0.3, 0.4) is 0 Å². The highest BCUT2D eigenvalue weighted by Gasteiger charge is 2.07. The van der Waals surface area contributed by atoms with Crippen molar-refractivity contribution >= 4 is 20.2 Å². The van der Waals surface area contributed by atoms with E-state index < -0.39 is 20.2 Å². The Morgan fingerprint density at radius 2 is 0.729 bits per heavy atom. The minimum absolute atomic E-state index is 0.178. The van der Waals surface area contributed by atoms with Crippen LogP contribution in [-0.4, -0.2) is 25.9 Å². The maximum atomic E-state index is 10.4. The van der Waals surface area contributed by atoms with Crippen molar-refractivity contribution in [1.82, 2.24) is 0 Å². The topological polar surface area (TPSA) is 122 Å². The summed E-state index contributed by atoms with van der Waals surface area (Å²) in [5.74, 6) is 0. The molecule has 8 nitrogen and oxygen atoms in total. The van der Waals surface area contributed by atoms with Gasteiger partial charge in [-0.3, -0.25) is 0 Å². The first-order valence-corrected chi connectivity index (χ1v) is 17.8. The van der Waals surface area contributed by atoms with Gasteiger partial charge >= 0.3 is 0 Å². The lowest BCUT2D eigenvalue weighted by atomic mass is 10.1. The van der Waals surface area contributed by atoms with Gasteiger partial charge in [-0.15, -0.1) is 0 Å². The number of hydrogen-bond acceptors (Lipinski definition) is 6. The Morgan fingerprint density at radius 1 is 0.438 bits per heavy atom. The predicted octanol–water partition coefficient (Wildman–Crippen LogP) is 5.82. The summed E-state index contributed by atoms with van der Waals surface area (Å²) < 4.78 is 66.7. The van der Waals surface area contributed by atoms with Crippen LogP contribution in [-0.2, 0) is 33.3 Å². The monoisotopic (exact) mass is 680 g/mol. The molecule has 0 aliphatic carbocycles. The smallest absolute Gasteiger partial charge is 0.173 e. The molecule has 0 N–H and O–H groups in total. The molecule has 2 heterocycles. The number of aryl methyl sites for hydroxylation is 2. The van der Waals surface area contributed by atoms with E-state index in [-0.39, 0.29) is 9.79 Å². The van der Waals surface area contributed by atoms with Crippen LogP contribution in [0.25, 0.3) is 11.1 Å². The molecule has 0 amide bonds. The first kappa shape index (κ1) is 35.8. The van der Waals surface area contributed by atoms with Gasteiger partial charge in [0.05, 0.1) is 9.79 Å². The highest BCUT2D eigenvalue weighted by atomic mass is 32.2. The quantitative estimate of drug-likeness (QED) is 0.155. The highest BCUT2D eigenvalue weighted by molar-refractivity contribution is 7.86. The number of nitrogens with zero attached hydrogens (tertiary/aromatic N) is 2. The molecule has 6 rings (SSSR count). The van der Waals surface area contributed by atoms with Crippen molar-refractivity contribution in [3.63, 3.8) is 0 Å². The van der Waals surface area contributed by atoms with Crippen molar-refractivity contribution in [3.8, 4) is 11.1 Å². The third-order valence-corrected chi connectivity index (χ3v) is 8.85. The number of rotatable bonds is 7. The van der Waals surface area contributed by atoms with Crippen molar-refractivity contribution in [2.45, 2.75) is 36.7 Å². The van der Waals surface area contributed by atoms with E-state index in [1.165, 1.54) is 46.5 Å². The van der Waals surface area contributed by atoms with Gasteiger partial charge in [0.15, 0.2) is 37.9 Å². The molecule has 48 heavy (non-hydrogen) atoms. The van der Waals surface area contributed by atoms with Crippen molar-refractivity contribution in [2.75, 3.05) is 0 Å². The maximum Gasteiger partial charge on any atom is 0.173 e. The summed E-state index contributed by atoms with van der Waals surface area (Å²) in [5.41, 5.74) is 6.95. The first-order valence-electron chi connectivity index (χ1n) is 15.0. The fourth-order valence-electron chi connectivity index (χ4n) is 4.51. The lowest BCUT2D eigenvalue weighted by Crippen LogP contribution is -2.33. The van der Waals surface area contributed by atoms with Gasteiger partial charge in [-0.2, -0.15) is 0 Å². The minimum atomic E-state index is -4.27. The summed E-state index contributed by atoms with van der Waals surface area (Å²) >= 11 is 0.